The van der Waals surface area contributed by atoms with Crippen molar-refractivity contribution in [3.05, 3.63) is 91.3 Å². The van der Waals surface area contributed by atoms with Crippen LogP contribution in [0.25, 0.3) is 11.2 Å². The molecule has 1 aliphatic rings. The van der Waals surface area contributed by atoms with E-state index < -0.39 is 0 Å². The zero-order chi connectivity index (χ0) is 21.3. The zero-order valence-electron chi connectivity index (χ0n) is 17.4. The molecule has 6 rings (SSSR count). The molecule has 5 heterocycles. The zero-order valence-corrected chi connectivity index (χ0v) is 17.4. The van der Waals surface area contributed by atoms with Crippen LogP contribution in [0.3, 0.4) is 0 Å². The quantitative estimate of drug-likeness (QED) is 0.453. The molecule has 1 fully saturated rings. The third-order valence-corrected chi connectivity index (χ3v) is 5.80. The first-order valence-electron chi connectivity index (χ1n) is 10.7. The van der Waals surface area contributed by atoms with Gasteiger partial charge in [0.1, 0.15) is 17.7 Å². The van der Waals surface area contributed by atoms with Crippen molar-refractivity contribution in [1.82, 2.24) is 29.1 Å². The molecule has 158 valence electrons. The van der Waals surface area contributed by atoms with Gasteiger partial charge in [-0.2, -0.15) is 4.98 Å². The van der Waals surface area contributed by atoms with Crippen LogP contribution in [-0.4, -0.2) is 35.7 Å². The fourth-order valence-corrected chi connectivity index (χ4v) is 4.27. The Morgan fingerprint density at radius 3 is 2.72 bits per heavy atom. The van der Waals surface area contributed by atoms with Crippen molar-refractivity contribution in [2.75, 3.05) is 16.8 Å². The Labute approximate surface area is 185 Å². The average Bonchev–Trinajstić information content (AvgIpc) is 3.60. The summed E-state index contributed by atoms with van der Waals surface area (Å²) in [6.07, 6.45) is 9.67. The third kappa shape index (κ3) is 3.35. The van der Waals surface area contributed by atoms with E-state index in [9.17, 15) is 0 Å². The average molecular weight is 422 g/mol. The SMILES string of the molecule is c1ccc(-n2cnc(Nc3nc(N4CCCC4c4ccccn4)nn4cccc34)c2)cc1. The summed E-state index contributed by atoms with van der Waals surface area (Å²) in [6, 6.07) is 20.3. The standard InChI is InChI=1S/C24H22N8/c1-2-8-18(9-3-1)30-16-22(26-17-30)27-23-21-12-7-15-32(21)29-24(28-23)31-14-6-11-20(31)19-10-4-5-13-25-19/h1-5,7-10,12-13,15-17,20H,6,11,14H2,(H,27,28,29). The Morgan fingerprint density at radius 1 is 0.938 bits per heavy atom. The number of benzene rings is 1. The molecule has 0 aliphatic carbocycles. The maximum Gasteiger partial charge on any atom is 0.246 e. The maximum atomic E-state index is 4.91. The molecule has 8 heteroatoms. The summed E-state index contributed by atoms with van der Waals surface area (Å²) in [7, 11) is 0. The molecule has 1 N–H and O–H groups in total. The van der Waals surface area contributed by atoms with E-state index in [0.29, 0.717) is 5.95 Å². The monoisotopic (exact) mass is 422 g/mol. The number of anilines is 3. The summed E-state index contributed by atoms with van der Waals surface area (Å²) >= 11 is 0. The first-order valence-corrected chi connectivity index (χ1v) is 10.7. The Hall–Kier alpha value is -4.20. The first-order chi connectivity index (χ1) is 15.8. The second-order valence-electron chi connectivity index (χ2n) is 7.83. The van der Waals surface area contributed by atoms with Gasteiger partial charge in [0, 0.05) is 24.6 Å². The molecule has 1 aromatic carbocycles. The number of aromatic nitrogens is 6. The molecule has 1 aliphatic heterocycles. The van der Waals surface area contributed by atoms with Crippen LogP contribution < -0.4 is 10.2 Å². The van der Waals surface area contributed by atoms with Crippen molar-refractivity contribution >= 4 is 23.1 Å². The molecule has 4 aromatic heterocycles. The maximum absolute atomic E-state index is 4.91. The highest BCUT2D eigenvalue weighted by atomic mass is 15.4. The highest BCUT2D eigenvalue weighted by molar-refractivity contribution is 5.73. The Balaban J connectivity index is 1.35. The Kier molecular flexibility index (Phi) is 4.53. The molecule has 32 heavy (non-hydrogen) atoms. The van der Waals surface area contributed by atoms with Gasteiger partial charge in [0.15, 0.2) is 5.82 Å². The second-order valence-corrected chi connectivity index (χ2v) is 7.83. The van der Waals surface area contributed by atoms with Crippen molar-refractivity contribution < 1.29 is 0 Å². The smallest absolute Gasteiger partial charge is 0.246 e. The molecule has 1 saturated heterocycles. The minimum Gasteiger partial charge on any atom is -0.331 e. The van der Waals surface area contributed by atoms with Crippen molar-refractivity contribution in [3.8, 4) is 5.69 Å². The summed E-state index contributed by atoms with van der Waals surface area (Å²) in [6.45, 7) is 0.899. The molecule has 0 amide bonds. The van der Waals surface area contributed by atoms with Gasteiger partial charge in [0.25, 0.3) is 0 Å². The number of imidazole rings is 1. The number of hydrogen-bond donors (Lipinski definition) is 1. The third-order valence-electron chi connectivity index (χ3n) is 5.80. The summed E-state index contributed by atoms with van der Waals surface area (Å²) in [4.78, 5) is 16.3. The van der Waals surface area contributed by atoms with Crippen molar-refractivity contribution in [3.63, 3.8) is 0 Å². The van der Waals surface area contributed by atoms with Gasteiger partial charge in [-0.25, -0.2) is 9.50 Å². The number of fused-ring (bicyclic) bond motifs is 1. The number of rotatable bonds is 5. The van der Waals surface area contributed by atoms with Crippen molar-refractivity contribution in [2.24, 2.45) is 0 Å². The molecular formula is C24H22N8. The van der Waals surface area contributed by atoms with Gasteiger partial charge in [-0.1, -0.05) is 24.3 Å². The Bertz CT molecular complexity index is 1340. The number of hydrogen-bond acceptors (Lipinski definition) is 6. The summed E-state index contributed by atoms with van der Waals surface area (Å²) in [5.74, 6) is 2.14. The highest BCUT2D eigenvalue weighted by Crippen LogP contribution is 2.34. The van der Waals surface area contributed by atoms with Gasteiger partial charge in [-0.05, 0) is 49.2 Å². The summed E-state index contributed by atoms with van der Waals surface area (Å²) in [5.41, 5.74) is 3.01. The van der Waals surface area contributed by atoms with Gasteiger partial charge < -0.3 is 14.8 Å². The van der Waals surface area contributed by atoms with E-state index in [1.807, 2.05) is 82.3 Å². The van der Waals surface area contributed by atoms with E-state index in [1.54, 1.807) is 6.33 Å². The predicted molar refractivity (Wildman–Crippen MR) is 123 cm³/mol. The van der Waals surface area contributed by atoms with E-state index in [-0.39, 0.29) is 6.04 Å². The van der Waals surface area contributed by atoms with Gasteiger partial charge in [0.2, 0.25) is 5.95 Å². The number of pyridine rings is 1. The Morgan fingerprint density at radius 2 is 1.84 bits per heavy atom. The topological polar surface area (TPSA) is 76.2 Å². The minimum absolute atomic E-state index is 0.175. The molecule has 0 bridgehead atoms. The summed E-state index contributed by atoms with van der Waals surface area (Å²) < 4.78 is 3.85. The first kappa shape index (κ1) is 18.6. The van der Waals surface area contributed by atoms with E-state index in [0.717, 1.165) is 47.9 Å². The molecule has 1 unspecified atom stereocenters. The molecule has 5 aromatic rings. The molecular weight excluding hydrogens is 400 g/mol. The fraction of sp³-hybridized carbons (Fsp3) is 0.167. The lowest BCUT2D eigenvalue weighted by atomic mass is 10.1. The van der Waals surface area contributed by atoms with Gasteiger partial charge in [-0.3, -0.25) is 4.98 Å². The largest absolute Gasteiger partial charge is 0.331 e. The van der Waals surface area contributed by atoms with Crippen LogP contribution in [0.1, 0.15) is 24.6 Å². The van der Waals surface area contributed by atoms with E-state index in [1.165, 1.54) is 0 Å². The molecule has 8 nitrogen and oxygen atoms in total. The van der Waals surface area contributed by atoms with Crippen LogP contribution >= 0.6 is 0 Å². The molecule has 1 atom stereocenters. The molecule has 0 radical (unpaired) electrons. The number of para-hydroxylation sites is 1. The van der Waals surface area contributed by atoms with Crippen molar-refractivity contribution in [1.29, 1.82) is 0 Å². The minimum atomic E-state index is 0.175. The van der Waals surface area contributed by atoms with Crippen LogP contribution in [0.5, 0.6) is 0 Å². The fourth-order valence-electron chi connectivity index (χ4n) is 4.27. The predicted octanol–water partition coefficient (Wildman–Crippen LogP) is 4.40. The number of nitrogens with zero attached hydrogens (tertiary/aromatic N) is 7. The van der Waals surface area contributed by atoms with E-state index in [2.05, 4.69) is 26.3 Å². The van der Waals surface area contributed by atoms with Crippen LogP contribution in [0.15, 0.2) is 85.6 Å². The highest BCUT2D eigenvalue weighted by Gasteiger charge is 2.30. The number of nitrogens with one attached hydrogen (secondary N) is 1. The normalized spacial score (nSPS) is 16.0. The summed E-state index contributed by atoms with van der Waals surface area (Å²) in [5, 5.41) is 8.18. The van der Waals surface area contributed by atoms with Crippen LogP contribution in [0.2, 0.25) is 0 Å². The lowest BCUT2D eigenvalue weighted by Crippen LogP contribution is -2.26. The second kappa shape index (κ2) is 7.81. The van der Waals surface area contributed by atoms with E-state index >= 15 is 0 Å². The van der Waals surface area contributed by atoms with Crippen LogP contribution in [-0.2, 0) is 0 Å². The van der Waals surface area contributed by atoms with E-state index in [4.69, 9.17) is 10.1 Å². The van der Waals surface area contributed by atoms with Crippen molar-refractivity contribution in [2.45, 2.75) is 18.9 Å². The lowest BCUT2D eigenvalue weighted by Gasteiger charge is -2.24. The van der Waals surface area contributed by atoms with Crippen LogP contribution in [0, 0.1) is 0 Å². The van der Waals surface area contributed by atoms with Gasteiger partial charge in [0.05, 0.1) is 17.9 Å². The van der Waals surface area contributed by atoms with Gasteiger partial charge >= 0.3 is 0 Å². The van der Waals surface area contributed by atoms with Crippen LogP contribution in [0.4, 0.5) is 17.6 Å². The molecule has 0 spiro atoms. The lowest BCUT2D eigenvalue weighted by molar-refractivity contribution is 0.670. The molecule has 0 saturated carbocycles. The van der Waals surface area contributed by atoms with Gasteiger partial charge in [-0.15, -0.1) is 5.10 Å².